The first-order valence-corrected chi connectivity index (χ1v) is 12.4. The van der Waals surface area contributed by atoms with Gasteiger partial charge in [0.05, 0.1) is 11.8 Å². The normalized spacial score (nSPS) is 16.3. The van der Waals surface area contributed by atoms with Crippen LogP contribution in [-0.2, 0) is 34.5 Å². The lowest BCUT2D eigenvalue weighted by Gasteiger charge is -2.35. The number of halogens is 3. The first-order chi connectivity index (χ1) is 17.1. The first-order valence-electron chi connectivity index (χ1n) is 11.2. The SMILES string of the molecule is O=C(CCn1c2c(c(=O)[nH]c1=O)CSCC2)N=CC(=O)N1CCN(c2ncccc2C(F)(F)F)CC1. The van der Waals surface area contributed by atoms with Crippen LogP contribution in [-0.4, -0.2) is 69.4 Å². The summed E-state index contributed by atoms with van der Waals surface area (Å²) in [4.78, 5) is 61.6. The Balaban J connectivity index is 1.32. The Labute approximate surface area is 207 Å². The minimum Gasteiger partial charge on any atom is -0.353 e. The van der Waals surface area contributed by atoms with Crippen molar-refractivity contribution in [2.75, 3.05) is 36.8 Å². The van der Waals surface area contributed by atoms with Crippen molar-refractivity contribution in [3.63, 3.8) is 0 Å². The highest BCUT2D eigenvalue weighted by atomic mass is 32.2. The van der Waals surface area contributed by atoms with Gasteiger partial charge in [-0.15, -0.1) is 0 Å². The Morgan fingerprint density at radius 2 is 1.94 bits per heavy atom. The molecule has 0 aliphatic carbocycles. The van der Waals surface area contributed by atoms with Crippen LogP contribution in [0.3, 0.4) is 0 Å². The second kappa shape index (κ2) is 10.7. The van der Waals surface area contributed by atoms with Crippen LogP contribution in [0.15, 0.2) is 32.9 Å². The van der Waals surface area contributed by atoms with Crippen LogP contribution in [0.2, 0.25) is 0 Å². The lowest BCUT2D eigenvalue weighted by molar-refractivity contribution is -0.137. The summed E-state index contributed by atoms with van der Waals surface area (Å²) in [5.74, 6) is -0.0598. The van der Waals surface area contributed by atoms with Crippen LogP contribution in [0, 0.1) is 0 Å². The molecule has 1 N–H and O–H groups in total. The fourth-order valence-electron chi connectivity index (χ4n) is 4.16. The maximum Gasteiger partial charge on any atom is 0.419 e. The zero-order valence-electron chi connectivity index (χ0n) is 19.1. The van der Waals surface area contributed by atoms with E-state index < -0.39 is 34.8 Å². The molecule has 0 radical (unpaired) electrons. The van der Waals surface area contributed by atoms with Gasteiger partial charge in [0.25, 0.3) is 11.5 Å². The molecule has 1 fully saturated rings. The van der Waals surface area contributed by atoms with Gasteiger partial charge in [0.1, 0.15) is 5.82 Å². The van der Waals surface area contributed by atoms with Crippen molar-refractivity contribution >= 4 is 35.6 Å². The van der Waals surface area contributed by atoms with E-state index in [2.05, 4.69) is 15.0 Å². The maximum absolute atomic E-state index is 13.3. The quantitative estimate of drug-likeness (QED) is 0.581. The number of fused-ring (bicyclic) bond motifs is 1. The minimum absolute atomic E-state index is 0.0251. The molecule has 192 valence electrons. The smallest absolute Gasteiger partial charge is 0.353 e. The second-order valence-electron chi connectivity index (χ2n) is 8.23. The van der Waals surface area contributed by atoms with Crippen LogP contribution in [0.1, 0.15) is 23.2 Å². The summed E-state index contributed by atoms with van der Waals surface area (Å²) < 4.78 is 41.2. The van der Waals surface area contributed by atoms with Gasteiger partial charge >= 0.3 is 11.9 Å². The zero-order chi connectivity index (χ0) is 25.9. The van der Waals surface area contributed by atoms with Gasteiger partial charge in [0.2, 0.25) is 5.91 Å². The van der Waals surface area contributed by atoms with E-state index in [4.69, 9.17) is 0 Å². The molecule has 2 aromatic heterocycles. The van der Waals surface area contributed by atoms with Crippen LogP contribution < -0.4 is 16.1 Å². The van der Waals surface area contributed by atoms with Crippen LogP contribution in [0.4, 0.5) is 19.0 Å². The molecule has 14 heteroatoms. The number of anilines is 1. The average molecular weight is 525 g/mol. The highest BCUT2D eigenvalue weighted by Gasteiger charge is 2.36. The van der Waals surface area contributed by atoms with Gasteiger partial charge in [0.15, 0.2) is 0 Å². The Morgan fingerprint density at radius 3 is 2.67 bits per heavy atom. The number of H-pyrrole nitrogens is 1. The molecule has 10 nitrogen and oxygen atoms in total. The highest BCUT2D eigenvalue weighted by Crippen LogP contribution is 2.35. The number of nitrogens with one attached hydrogen (secondary N) is 1. The fourth-order valence-corrected chi connectivity index (χ4v) is 5.14. The topological polar surface area (TPSA) is 121 Å². The maximum atomic E-state index is 13.3. The number of piperazine rings is 1. The molecule has 36 heavy (non-hydrogen) atoms. The molecule has 0 spiro atoms. The summed E-state index contributed by atoms with van der Waals surface area (Å²) in [6.07, 6.45) is -1.95. The highest BCUT2D eigenvalue weighted by molar-refractivity contribution is 7.98. The number of aromatic amines is 1. The Morgan fingerprint density at radius 1 is 1.19 bits per heavy atom. The standard InChI is InChI=1S/C22H23F3N6O4S/c23-22(24,25)15-2-1-5-26-19(15)30-9-7-29(8-10-30)18(33)12-27-17(32)3-6-31-16-4-11-36-13-14(16)20(34)28-21(31)35/h1-2,5,12H,3-4,6-11,13H2,(H,28,34,35). The molecular weight excluding hydrogens is 501 g/mol. The van der Waals surface area contributed by atoms with E-state index in [0.717, 1.165) is 18.0 Å². The van der Waals surface area contributed by atoms with Crippen molar-refractivity contribution in [1.82, 2.24) is 19.4 Å². The fraction of sp³-hybridized carbons (Fsp3) is 0.455. The van der Waals surface area contributed by atoms with E-state index in [1.54, 1.807) is 11.8 Å². The molecule has 0 unspecified atom stereocenters. The molecule has 0 aromatic carbocycles. The molecule has 4 heterocycles. The summed E-state index contributed by atoms with van der Waals surface area (Å²) >= 11 is 1.59. The van der Waals surface area contributed by atoms with E-state index >= 15 is 0 Å². The summed E-state index contributed by atoms with van der Waals surface area (Å²) in [5.41, 5.74) is -0.679. The van der Waals surface area contributed by atoms with E-state index in [0.29, 0.717) is 23.4 Å². The number of hydrogen-bond acceptors (Lipinski definition) is 7. The van der Waals surface area contributed by atoms with Gasteiger partial charge in [-0.2, -0.15) is 24.9 Å². The van der Waals surface area contributed by atoms with E-state index in [-0.39, 0.29) is 45.0 Å². The predicted octanol–water partition coefficient (Wildman–Crippen LogP) is 1.08. The monoisotopic (exact) mass is 524 g/mol. The molecule has 2 aromatic rings. The van der Waals surface area contributed by atoms with Crippen molar-refractivity contribution in [3.05, 3.63) is 56.0 Å². The molecule has 1 saturated heterocycles. The molecular formula is C22H23F3N6O4S. The number of carbonyl (C=O) groups is 2. The number of aromatic nitrogens is 3. The van der Waals surface area contributed by atoms with Crippen LogP contribution in [0.5, 0.6) is 0 Å². The van der Waals surface area contributed by atoms with Gasteiger partial charge in [-0.1, -0.05) is 0 Å². The van der Waals surface area contributed by atoms with Gasteiger partial charge in [-0.3, -0.25) is 23.9 Å². The summed E-state index contributed by atoms with van der Waals surface area (Å²) in [7, 11) is 0. The third-order valence-corrected chi connectivity index (χ3v) is 6.98. The van der Waals surface area contributed by atoms with E-state index in [1.807, 2.05) is 0 Å². The van der Waals surface area contributed by atoms with Crippen molar-refractivity contribution in [1.29, 1.82) is 0 Å². The molecule has 2 aliphatic rings. The zero-order valence-corrected chi connectivity index (χ0v) is 19.9. The third kappa shape index (κ3) is 5.69. The van der Waals surface area contributed by atoms with Crippen LogP contribution in [0.25, 0.3) is 0 Å². The Bertz CT molecular complexity index is 1300. The van der Waals surface area contributed by atoms with Crippen molar-refractivity contribution < 1.29 is 22.8 Å². The van der Waals surface area contributed by atoms with Gasteiger partial charge in [-0.25, -0.2) is 14.8 Å². The molecule has 4 rings (SSSR count). The average Bonchev–Trinajstić information content (AvgIpc) is 2.86. The second-order valence-corrected chi connectivity index (χ2v) is 9.33. The number of amides is 2. The lowest BCUT2D eigenvalue weighted by Crippen LogP contribution is -2.49. The van der Waals surface area contributed by atoms with Crippen molar-refractivity contribution in [2.45, 2.75) is 31.3 Å². The van der Waals surface area contributed by atoms with E-state index in [1.165, 1.54) is 26.6 Å². The van der Waals surface area contributed by atoms with Crippen LogP contribution >= 0.6 is 11.8 Å². The Kier molecular flexibility index (Phi) is 7.62. The molecule has 0 bridgehead atoms. The molecule has 2 amide bonds. The minimum atomic E-state index is -4.54. The molecule has 2 aliphatic heterocycles. The number of rotatable bonds is 5. The van der Waals surface area contributed by atoms with Gasteiger partial charge in [-0.05, 0) is 24.3 Å². The van der Waals surface area contributed by atoms with Crippen molar-refractivity contribution in [2.24, 2.45) is 4.99 Å². The van der Waals surface area contributed by atoms with Crippen molar-refractivity contribution in [3.8, 4) is 0 Å². The number of nitrogens with zero attached hydrogens (tertiary/aromatic N) is 5. The lowest BCUT2D eigenvalue weighted by atomic mass is 10.2. The molecule has 0 saturated carbocycles. The summed E-state index contributed by atoms with van der Waals surface area (Å²) in [5, 5.41) is 0. The van der Waals surface area contributed by atoms with E-state index in [9.17, 15) is 32.3 Å². The number of alkyl halides is 3. The number of pyridine rings is 1. The largest absolute Gasteiger partial charge is 0.419 e. The number of thioether (sulfide) groups is 1. The van der Waals surface area contributed by atoms with Gasteiger partial charge in [0, 0.05) is 62.4 Å². The third-order valence-electron chi connectivity index (χ3n) is 5.99. The van der Waals surface area contributed by atoms with Gasteiger partial charge < -0.3 is 9.80 Å². The number of aliphatic imine (C=N–C) groups is 1. The first kappa shape index (κ1) is 25.7. The Hall–Kier alpha value is -3.42. The summed E-state index contributed by atoms with van der Waals surface area (Å²) in [6, 6.07) is 2.19. The number of hydrogen-bond donors (Lipinski definition) is 1. The molecule has 0 atom stereocenters. The predicted molar refractivity (Wildman–Crippen MR) is 127 cm³/mol. The number of carbonyl (C=O) groups excluding carboxylic acids is 2. The summed E-state index contributed by atoms with van der Waals surface area (Å²) in [6.45, 7) is 0.600.